The molecule has 1 aromatic carbocycles. The Labute approximate surface area is 159 Å². The van der Waals surface area contributed by atoms with Crippen LogP contribution in [0.3, 0.4) is 0 Å². The van der Waals surface area contributed by atoms with Crippen molar-refractivity contribution in [1.82, 2.24) is 15.8 Å². The predicted molar refractivity (Wildman–Crippen MR) is 102 cm³/mol. The quantitative estimate of drug-likeness (QED) is 0.524. The Morgan fingerprint density at radius 2 is 1.96 bits per heavy atom. The summed E-state index contributed by atoms with van der Waals surface area (Å²) in [4.78, 5) is 3.79. The van der Waals surface area contributed by atoms with Crippen LogP contribution in [0.25, 0.3) is 0 Å². The van der Waals surface area contributed by atoms with Crippen LogP contribution in [0.4, 0.5) is 4.39 Å². The molecule has 1 heterocycles. The molecule has 27 heavy (non-hydrogen) atoms. The first-order valence-corrected chi connectivity index (χ1v) is 10.5. The fourth-order valence-corrected chi connectivity index (χ4v) is 3.88. The zero-order valence-corrected chi connectivity index (χ0v) is 16.6. The van der Waals surface area contributed by atoms with Crippen molar-refractivity contribution in [3.8, 4) is 0 Å². The van der Waals surface area contributed by atoms with Crippen LogP contribution in [0.5, 0.6) is 0 Å². The number of halogens is 1. The molecule has 148 valence electrons. The molecule has 1 aromatic heterocycles. The van der Waals surface area contributed by atoms with E-state index in [9.17, 15) is 12.8 Å². The van der Waals surface area contributed by atoms with Crippen molar-refractivity contribution in [2.75, 3.05) is 19.3 Å². The summed E-state index contributed by atoms with van der Waals surface area (Å²) in [6.45, 7) is 4.56. The minimum atomic E-state index is -3.72. The van der Waals surface area contributed by atoms with Crippen LogP contribution in [0.1, 0.15) is 30.9 Å². The van der Waals surface area contributed by atoms with Gasteiger partial charge in [-0.05, 0) is 18.6 Å². The maximum Gasteiger partial charge on any atom is 0.191 e. The molecule has 7 nitrogen and oxygen atoms in total. The van der Waals surface area contributed by atoms with E-state index in [0.717, 1.165) is 35.9 Å². The summed E-state index contributed by atoms with van der Waals surface area (Å²) in [5.74, 6) is 0.273. The number of aromatic nitrogens is 1. The number of aliphatic imine (C=N–C) groups is 1. The van der Waals surface area contributed by atoms with Gasteiger partial charge in [-0.1, -0.05) is 31.1 Å². The molecule has 0 fully saturated rings. The van der Waals surface area contributed by atoms with E-state index >= 15 is 0 Å². The van der Waals surface area contributed by atoms with Gasteiger partial charge in [-0.15, -0.1) is 0 Å². The van der Waals surface area contributed by atoms with Crippen LogP contribution < -0.4 is 10.6 Å². The minimum absolute atomic E-state index is 0.0985. The standard InChI is InChI=1S/C18H25FN4O3S/c1-4-15-13(16(5-2)26-23-15)12-22-18(20-3)21-10-11-27(24,25)17-9-7-6-8-14(17)19/h6-9H,4-5,10-12H2,1-3H3,(H2,20,21,22). The zero-order chi connectivity index (χ0) is 19.9. The molecule has 0 amide bonds. The van der Waals surface area contributed by atoms with Gasteiger partial charge in [0, 0.05) is 32.1 Å². The maximum atomic E-state index is 13.7. The largest absolute Gasteiger partial charge is 0.361 e. The van der Waals surface area contributed by atoms with E-state index in [1.54, 1.807) is 7.05 Å². The molecule has 0 spiro atoms. The van der Waals surface area contributed by atoms with Crippen molar-refractivity contribution in [2.45, 2.75) is 38.1 Å². The first-order chi connectivity index (χ1) is 12.9. The molecule has 0 radical (unpaired) electrons. The number of sulfone groups is 1. The molecule has 2 rings (SSSR count). The first-order valence-electron chi connectivity index (χ1n) is 8.81. The Balaban J connectivity index is 1.93. The lowest BCUT2D eigenvalue weighted by Gasteiger charge is -2.12. The fourth-order valence-electron chi connectivity index (χ4n) is 2.64. The maximum absolute atomic E-state index is 13.7. The summed E-state index contributed by atoms with van der Waals surface area (Å²) >= 11 is 0. The summed E-state index contributed by atoms with van der Waals surface area (Å²) in [6.07, 6.45) is 1.49. The molecule has 0 unspecified atom stereocenters. The molecule has 9 heteroatoms. The summed E-state index contributed by atoms with van der Waals surface area (Å²) < 4.78 is 43.6. The van der Waals surface area contributed by atoms with E-state index in [-0.39, 0.29) is 17.2 Å². The first kappa shape index (κ1) is 20.9. The summed E-state index contributed by atoms with van der Waals surface area (Å²) in [5.41, 5.74) is 1.87. The summed E-state index contributed by atoms with van der Waals surface area (Å²) in [5, 5.41) is 10.1. The Bertz CT molecular complexity index is 872. The van der Waals surface area contributed by atoms with E-state index in [2.05, 4.69) is 20.8 Å². The van der Waals surface area contributed by atoms with Gasteiger partial charge in [0.1, 0.15) is 16.5 Å². The lowest BCUT2D eigenvalue weighted by molar-refractivity contribution is 0.380. The van der Waals surface area contributed by atoms with Crippen molar-refractivity contribution in [2.24, 2.45) is 4.99 Å². The van der Waals surface area contributed by atoms with E-state index in [0.29, 0.717) is 12.5 Å². The topological polar surface area (TPSA) is 96.6 Å². The number of aryl methyl sites for hydroxylation is 2. The van der Waals surface area contributed by atoms with E-state index in [1.807, 2.05) is 13.8 Å². The zero-order valence-electron chi connectivity index (χ0n) is 15.8. The number of benzene rings is 1. The van der Waals surface area contributed by atoms with Crippen LogP contribution in [0.15, 0.2) is 38.7 Å². The number of nitrogens with one attached hydrogen (secondary N) is 2. The SMILES string of the molecule is CCc1noc(CC)c1CNC(=NC)NCCS(=O)(=O)c1ccccc1F. The highest BCUT2D eigenvalue weighted by Crippen LogP contribution is 2.16. The van der Waals surface area contributed by atoms with Crippen molar-refractivity contribution >= 4 is 15.8 Å². The number of hydrogen-bond donors (Lipinski definition) is 2. The third kappa shape index (κ3) is 5.29. The second-order valence-corrected chi connectivity index (χ2v) is 7.92. The molecular formula is C18H25FN4O3S. The fraction of sp³-hybridized carbons (Fsp3) is 0.444. The lowest BCUT2D eigenvalue weighted by atomic mass is 10.1. The van der Waals surface area contributed by atoms with Crippen molar-refractivity contribution in [1.29, 1.82) is 0 Å². The highest BCUT2D eigenvalue weighted by Gasteiger charge is 2.19. The molecule has 0 atom stereocenters. The summed E-state index contributed by atoms with van der Waals surface area (Å²) in [7, 11) is -2.13. The smallest absolute Gasteiger partial charge is 0.191 e. The highest BCUT2D eigenvalue weighted by atomic mass is 32.2. The lowest BCUT2D eigenvalue weighted by Crippen LogP contribution is -2.39. The number of rotatable bonds is 8. The van der Waals surface area contributed by atoms with Gasteiger partial charge in [-0.25, -0.2) is 12.8 Å². The monoisotopic (exact) mass is 396 g/mol. The normalized spacial score (nSPS) is 12.2. The molecule has 2 N–H and O–H groups in total. The number of guanidine groups is 1. The van der Waals surface area contributed by atoms with Crippen LogP contribution >= 0.6 is 0 Å². The average Bonchev–Trinajstić information content (AvgIpc) is 3.06. The molecule has 0 saturated heterocycles. The molecule has 2 aromatic rings. The van der Waals surface area contributed by atoms with Crippen molar-refractivity contribution in [3.63, 3.8) is 0 Å². The average molecular weight is 396 g/mol. The Kier molecular flexibility index (Phi) is 7.35. The van der Waals surface area contributed by atoms with E-state index in [4.69, 9.17) is 4.52 Å². The van der Waals surface area contributed by atoms with Crippen LogP contribution in [0.2, 0.25) is 0 Å². The van der Waals surface area contributed by atoms with Crippen molar-refractivity contribution < 1.29 is 17.3 Å². The third-order valence-electron chi connectivity index (χ3n) is 4.10. The summed E-state index contributed by atoms with van der Waals surface area (Å²) in [6, 6.07) is 5.36. The van der Waals surface area contributed by atoms with Crippen molar-refractivity contribution in [3.05, 3.63) is 47.1 Å². The predicted octanol–water partition coefficient (Wildman–Crippen LogP) is 2.08. The van der Waals surface area contributed by atoms with Gasteiger partial charge < -0.3 is 15.2 Å². The molecule has 0 aliphatic carbocycles. The Morgan fingerprint density at radius 3 is 2.59 bits per heavy atom. The molecule has 0 saturated carbocycles. The third-order valence-corrected chi connectivity index (χ3v) is 5.84. The van der Waals surface area contributed by atoms with E-state index in [1.165, 1.54) is 18.2 Å². The van der Waals surface area contributed by atoms with Gasteiger partial charge >= 0.3 is 0 Å². The number of hydrogen-bond acceptors (Lipinski definition) is 5. The van der Waals surface area contributed by atoms with E-state index < -0.39 is 15.7 Å². The second-order valence-electron chi connectivity index (χ2n) is 5.84. The van der Waals surface area contributed by atoms with Crippen LogP contribution in [0, 0.1) is 5.82 Å². The van der Waals surface area contributed by atoms with Gasteiger partial charge in [0.15, 0.2) is 15.8 Å². The molecule has 0 aliphatic heterocycles. The Hall–Kier alpha value is -2.42. The number of nitrogens with zero attached hydrogens (tertiary/aromatic N) is 2. The Morgan fingerprint density at radius 1 is 1.22 bits per heavy atom. The van der Waals surface area contributed by atoms with Gasteiger partial charge in [-0.3, -0.25) is 4.99 Å². The molecule has 0 bridgehead atoms. The molecule has 0 aliphatic rings. The van der Waals surface area contributed by atoms with Gasteiger partial charge in [0.25, 0.3) is 0 Å². The van der Waals surface area contributed by atoms with Gasteiger partial charge in [0.05, 0.1) is 11.4 Å². The second kappa shape index (κ2) is 9.50. The highest BCUT2D eigenvalue weighted by molar-refractivity contribution is 7.91. The van der Waals surface area contributed by atoms with Gasteiger partial charge in [-0.2, -0.15) is 0 Å². The van der Waals surface area contributed by atoms with Crippen LogP contribution in [-0.2, 0) is 29.2 Å². The van der Waals surface area contributed by atoms with Gasteiger partial charge in [0.2, 0.25) is 0 Å². The van der Waals surface area contributed by atoms with Crippen LogP contribution in [-0.4, -0.2) is 38.9 Å². The molecular weight excluding hydrogens is 371 g/mol. The minimum Gasteiger partial charge on any atom is -0.361 e.